The summed E-state index contributed by atoms with van der Waals surface area (Å²) >= 11 is 0.459. The van der Waals surface area contributed by atoms with E-state index in [1.165, 1.54) is 24.5 Å². The van der Waals surface area contributed by atoms with Crippen LogP contribution in [0.25, 0.3) is 0 Å². The molecular formula is C12H9F2NO2S. The first-order valence-corrected chi connectivity index (χ1v) is 5.93. The van der Waals surface area contributed by atoms with E-state index in [9.17, 15) is 13.6 Å². The number of rotatable bonds is 4. The second kappa shape index (κ2) is 5.68. The van der Waals surface area contributed by atoms with Crippen molar-refractivity contribution in [2.75, 3.05) is 5.32 Å². The summed E-state index contributed by atoms with van der Waals surface area (Å²) in [5.74, 6) is -2.64. The molecule has 0 aliphatic heterocycles. The number of benzene rings is 1. The molecule has 2 aromatic rings. The van der Waals surface area contributed by atoms with E-state index in [-0.39, 0.29) is 11.7 Å². The summed E-state index contributed by atoms with van der Waals surface area (Å²) in [5.41, 5.74) is 0.523. The van der Waals surface area contributed by atoms with Crippen molar-refractivity contribution in [2.24, 2.45) is 0 Å². The average Bonchev–Trinajstić information content (AvgIpc) is 2.84. The Kier molecular flexibility index (Phi) is 3.99. The Labute approximate surface area is 106 Å². The van der Waals surface area contributed by atoms with Crippen LogP contribution >= 0.6 is 11.8 Å². The van der Waals surface area contributed by atoms with Gasteiger partial charge in [-0.05, 0) is 36.4 Å². The fourth-order valence-corrected chi connectivity index (χ4v) is 1.82. The van der Waals surface area contributed by atoms with Gasteiger partial charge in [-0.2, -0.15) is 8.78 Å². The molecule has 0 aliphatic rings. The maximum absolute atomic E-state index is 12.1. The van der Waals surface area contributed by atoms with Crippen molar-refractivity contribution in [1.82, 2.24) is 0 Å². The van der Waals surface area contributed by atoms with E-state index in [1.807, 2.05) is 0 Å². The predicted octanol–water partition coefficient (Wildman–Crippen LogP) is 3.85. The molecular weight excluding hydrogens is 260 g/mol. The van der Waals surface area contributed by atoms with E-state index in [0.717, 1.165) is 0 Å². The maximum atomic E-state index is 12.1. The zero-order valence-corrected chi connectivity index (χ0v) is 9.92. The van der Waals surface area contributed by atoms with Gasteiger partial charge in [-0.15, -0.1) is 0 Å². The number of hydrogen-bond donors (Lipinski definition) is 1. The van der Waals surface area contributed by atoms with Crippen molar-refractivity contribution in [3.05, 3.63) is 48.4 Å². The van der Waals surface area contributed by atoms with Gasteiger partial charge in [0, 0.05) is 10.6 Å². The number of amides is 1. The number of alkyl halides is 2. The summed E-state index contributed by atoms with van der Waals surface area (Å²) in [6.07, 6.45) is 1.40. The molecule has 94 valence electrons. The van der Waals surface area contributed by atoms with Crippen LogP contribution in [0.5, 0.6) is 0 Å². The van der Waals surface area contributed by atoms with Gasteiger partial charge in [0.15, 0.2) is 5.76 Å². The maximum Gasteiger partial charge on any atom is 0.291 e. The summed E-state index contributed by atoms with van der Waals surface area (Å²) in [6, 6.07) is 9.31. The highest BCUT2D eigenvalue weighted by Crippen LogP contribution is 2.26. The van der Waals surface area contributed by atoms with E-state index in [4.69, 9.17) is 4.42 Å². The van der Waals surface area contributed by atoms with Crippen LogP contribution in [0.2, 0.25) is 0 Å². The molecule has 18 heavy (non-hydrogen) atoms. The fraction of sp³-hybridized carbons (Fsp3) is 0.0833. The van der Waals surface area contributed by atoms with Crippen molar-refractivity contribution >= 4 is 23.4 Å². The number of anilines is 1. The molecule has 0 atom stereocenters. The van der Waals surface area contributed by atoms with Crippen LogP contribution in [0, 0.1) is 0 Å². The largest absolute Gasteiger partial charge is 0.459 e. The molecule has 2 rings (SSSR count). The second-order valence-electron chi connectivity index (χ2n) is 3.33. The lowest BCUT2D eigenvalue weighted by molar-refractivity contribution is 0.0996. The quantitative estimate of drug-likeness (QED) is 0.857. The van der Waals surface area contributed by atoms with Gasteiger partial charge in [-0.3, -0.25) is 4.79 Å². The van der Waals surface area contributed by atoms with Crippen molar-refractivity contribution in [1.29, 1.82) is 0 Å². The monoisotopic (exact) mass is 269 g/mol. The molecule has 0 spiro atoms. The van der Waals surface area contributed by atoms with Crippen LogP contribution in [0.1, 0.15) is 10.6 Å². The fourth-order valence-electron chi connectivity index (χ4n) is 1.32. The zero-order chi connectivity index (χ0) is 13.0. The molecule has 1 aromatic carbocycles. The van der Waals surface area contributed by atoms with Gasteiger partial charge in [0.05, 0.1) is 6.26 Å². The molecule has 0 unspecified atom stereocenters. The smallest absolute Gasteiger partial charge is 0.291 e. The van der Waals surface area contributed by atoms with Gasteiger partial charge < -0.3 is 9.73 Å². The first kappa shape index (κ1) is 12.6. The Morgan fingerprint density at radius 2 is 1.94 bits per heavy atom. The van der Waals surface area contributed by atoms with Gasteiger partial charge >= 0.3 is 0 Å². The summed E-state index contributed by atoms with van der Waals surface area (Å²) in [5, 5.41) is 2.60. The van der Waals surface area contributed by atoms with Gasteiger partial charge in [-0.25, -0.2) is 0 Å². The van der Waals surface area contributed by atoms with Crippen LogP contribution in [0.4, 0.5) is 14.5 Å². The number of furan rings is 1. The predicted molar refractivity (Wildman–Crippen MR) is 65.0 cm³/mol. The molecule has 1 N–H and O–H groups in total. The van der Waals surface area contributed by atoms with Gasteiger partial charge in [0.25, 0.3) is 11.7 Å². The van der Waals surface area contributed by atoms with Crippen molar-refractivity contribution in [3.8, 4) is 0 Å². The van der Waals surface area contributed by atoms with Gasteiger partial charge in [0.1, 0.15) is 0 Å². The number of hydrogen-bond acceptors (Lipinski definition) is 3. The van der Waals surface area contributed by atoms with Gasteiger partial charge in [0.2, 0.25) is 0 Å². The number of carbonyl (C=O) groups excluding carboxylic acids is 1. The molecule has 0 saturated heterocycles. The topological polar surface area (TPSA) is 42.2 Å². The molecule has 6 heteroatoms. The Morgan fingerprint density at radius 3 is 2.50 bits per heavy atom. The average molecular weight is 269 g/mol. The summed E-state index contributed by atoms with van der Waals surface area (Å²) < 4.78 is 29.1. The standard InChI is InChI=1S/C12H9F2NO2S/c13-12(14)18-9-5-3-8(4-6-9)15-11(16)10-2-1-7-17-10/h1-7,12H,(H,15,16). The minimum absolute atomic E-state index is 0.195. The van der Waals surface area contributed by atoms with Crippen LogP contribution in [0.15, 0.2) is 52.0 Å². The van der Waals surface area contributed by atoms with E-state index in [1.54, 1.807) is 18.2 Å². The van der Waals surface area contributed by atoms with Crippen LogP contribution < -0.4 is 5.32 Å². The molecule has 0 bridgehead atoms. The SMILES string of the molecule is O=C(Nc1ccc(SC(F)F)cc1)c1ccco1. The molecule has 0 aliphatic carbocycles. The highest BCUT2D eigenvalue weighted by molar-refractivity contribution is 7.99. The normalized spacial score (nSPS) is 10.6. The number of carbonyl (C=O) groups is 1. The number of nitrogens with one attached hydrogen (secondary N) is 1. The molecule has 0 saturated carbocycles. The lowest BCUT2D eigenvalue weighted by Gasteiger charge is -2.04. The third kappa shape index (κ3) is 3.33. The summed E-state index contributed by atoms with van der Waals surface area (Å²) in [7, 11) is 0. The van der Waals surface area contributed by atoms with Crippen molar-refractivity contribution in [2.45, 2.75) is 10.7 Å². The highest BCUT2D eigenvalue weighted by Gasteiger charge is 2.09. The first-order valence-electron chi connectivity index (χ1n) is 5.05. The lowest BCUT2D eigenvalue weighted by Crippen LogP contribution is -2.10. The molecule has 3 nitrogen and oxygen atoms in total. The van der Waals surface area contributed by atoms with Crippen LogP contribution in [0.3, 0.4) is 0 Å². The lowest BCUT2D eigenvalue weighted by atomic mass is 10.3. The third-order valence-electron chi connectivity index (χ3n) is 2.08. The highest BCUT2D eigenvalue weighted by atomic mass is 32.2. The zero-order valence-electron chi connectivity index (χ0n) is 9.10. The number of halogens is 2. The molecule has 0 fully saturated rings. The Balaban J connectivity index is 2.00. The Hall–Kier alpha value is -1.82. The third-order valence-corrected chi connectivity index (χ3v) is 2.80. The Bertz CT molecular complexity index is 511. The minimum atomic E-state index is -2.45. The van der Waals surface area contributed by atoms with E-state index >= 15 is 0 Å². The second-order valence-corrected chi connectivity index (χ2v) is 4.40. The van der Waals surface area contributed by atoms with Crippen molar-refractivity contribution < 1.29 is 18.0 Å². The summed E-state index contributed by atoms with van der Waals surface area (Å²) in [4.78, 5) is 12.1. The van der Waals surface area contributed by atoms with E-state index in [2.05, 4.69) is 5.32 Å². The minimum Gasteiger partial charge on any atom is -0.459 e. The number of thioether (sulfide) groups is 1. The Morgan fingerprint density at radius 1 is 1.22 bits per heavy atom. The van der Waals surface area contributed by atoms with E-state index < -0.39 is 5.76 Å². The molecule has 1 aromatic heterocycles. The van der Waals surface area contributed by atoms with Crippen LogP contribution in [-0.2, 0) is 0 Å². The molecule has 1 amide bonds. The summed E-state index contributed by atoms with van der Waals surface area (Å²) in [6.45, 7) is 0. The first-order chi connectivity index (χ1) is 8.65. The van der Waals surface area contributed by atoms with Gasteiger partial charge in [-0.1, -0.05) is 11.8 Å². The van der Waals surface area contributed by atoms with E-state index in [0.29, 0.717) is 22.3 Å². The van der Waals surface area contributed by atoms with Crippen LogP contribution in [-0.4, -0.2) is 11.7 Å². The molecule has 0 radical (unpaired) electrons. The molecule has 1 heterocycles. The van der Waals surface area contributed by atoms with Crippen molar-refractivity contribution in [3.63, 3.8) is 0 Å².